The second-order valence-electron chi connectivity index (χ2n) is 5.41. The van der Waals surface area contributed by atoms with Gasteiger partial charge in [-0.3, -0.25) is 4.79 Å². The molecule has 0 aromatic rings. The number of nitrogens with one attached hydrogen (secondary N) is 1. The Morgan fingerprint density at radius 2 is 2.06 bits per heavy atom. The van der Waals surface area contributed by atoms with Crippen LogP contribution in [0.25, 0.3) is 0 Å². The molecule has 3 atom stereocenters. The van der Waals surface area contributed by atoms with Crippen LogP contribution in [0.3, 0.4) is 0 Å². The summed E-state index contributed by atoms with van der Waals surface area (Å²) >= 11 is 0. The number of amides is 1. The van der Waals surface area contributed by atoms with Gasteiger partial charge in [0, 0.05) is 25.7 Å². The van der Waals surface area contributed by atoms with E-state index in [-0.39, 0.29) is 23.3 Å². The maximum atomic E-state index is 12.3. The van der Waals surface area contributed by atoms with Crippen molar-refractivity contribution in [1.29, 1.82) is 0 Å². The lowest BCUT2D eigenvalue weighted by Crippen LogP contribution is -2.42. The fourth-order valence-electron chi connectivity index (χ4n) is 3.35. The molecule has 5 nitrogen and oxygen atoms in total. The molecule has 0 aromatic heterocycles. The Hall–Kier alpha value is -0.620. The van der Waals surface area contributed by atoms with Gasteiger partial charge < -0.3 is 10.2 Å². The van der Waals surface area contributed by atoms with E-state index in [4.69, 9.17) is 0 Å². The van der Waals surface area contributed by atoms with Crippen molar-refractivity contribution >= 4 is 15.7 Å². The van der Waals surface area contributed by atoms with E-state index in [0.29, 0.717) is 18.4 Å². The Labute approximate surface area is 101 Å². The lowest BCUT2D eigenvalue weighted by Gasteiger charge is -2.25. The average molecular weight is 258 g/mol. The molecule has 0 saturated carbocycles. The summed E-state index contributed by atoms with van der Waals surface area (Å²) in [6.07, 6.45) is 1.57. The number of rotatable bonds is 1. The molecule has 3 fully saturated rings. The highest BCUT2D eigenvalue weighted by molar-refractivity contribution is 7.91. The summed E-state index contributed by atoms with van der Waals surface area (Å²) in [4.78, 5) is 14.2. The first kappa shape index (κ1) is 11.5. The van der Waals surface area contributed by atoms with Gasteiger partial charge in [-0.15, -0.1) is 0 Å². The maximum Gasteiger partial charge on any atom is 0.227 e. The van der Waals surface area contributed by atoms with Crippen LogP contribution in [0.5, 0.6) is 0 Å². The van der Waals surface area contributed by atoms with E-state index in [1.807, 2.05) is 4.90 Å². The van der Waals surface area contributed by atoms with Crippen LogP contribution < -0.4 is 5.32 Å². The third-order valence-electron chi connectivity index (χ3n) is 4.31. The smallest absolute Gasteiger partial charge is 0.227 e. The number of fused-ring (bicyclic) bond motifs is 1. The molecule has 0 aromatic carbocycles. The first-order valence-corrected chi connectivity index (χ1v) is 8.10. The summed E-state index contributed by atoms with van der Waals surface area (Å²) in [5.74, 6) is 0.620. The minimum atomic E-state index is -2.96. The molecule has 3 aliphatic heterocycles. The van der Waals surface area contributed by atoms with Crippen molar-refractivity contribution in [2.24, 2.45) is 11.8 Å². The molecule has 17 heavy (non-hydrogen) atoms. The number of nitrogens with zero attached hydrogens (tertiary/aromatic N) is 1. The number of likely N-dealkylation sites (tertiary alicyclic amines) is 1. The van der Waals surface area contributed by atoms with Crippen LogP contribution in [-0.4, -0.2) is 56.4 Å². The largest absolute Gasteiger partial charge is 0.338 e. The summed E-state index contributed by atoms with van der Waals surface area (Å²) in [6, 6.07) is 0.311. The standard InChI is InChI=1S/C11H18N2O3S/c14-11(9-2-4-17(15,16)7-9)13-3-1-8-5-12-6-10(8)13/h8-10,12H,1-7H2/t8-,9?,10+/m0/s1. The monoisotopic (exact) mass is 258 g/mol. The van der Waals surface area contributed by atoms with Gasteiger partial charge >= 0.3 is 0 Å². The predicted molar refractivity (Wildman–Crippen MR) is 63.2 cm³/mol. The van der Waals surface area contributed by atoms with E-state index in [1.54, 1.807) is 0 Å². The Kier molecular flexibility index (Phi) is 2.66. The molecule has 0 aliphatic carbocycles. The summed E-state index contributed by atoms with van der Waals surface area (Å²) in [7, 11) is -2.96. The van der Waals surface area contributed by atoms with Gasteiger partial charge in [0.15, 0.2) is 9.84 Å². The fraction of sp³-hybridized carbons (Fsp3) is 0.909. The van der Waals surface area contributed by atoms with Crippen molar-refractivity contribution in [3.8, 4) is 0 Å². The van der Waals surface area contributed by atoms with Gasteiger partial charge in [-0.2, -0.15) is 0 Å². The van der Waals surface area contributed by atoms with Gasteiger partial charge in [0.2, 0.25) is 5.91 Å². The molecule has 1 amide bonds. The highest BCUT2D eigenvalue weighted by Crippen LogP contribution is 2.30. The molecule has 3 rings (SSSR count). The molecule has 3 aliphatic rings. The molecule has 3 saturated heterocycles. The Balaban J connectivity index is 1.71. The molecule has 6 heteroatoms. The summed E-state index contributed by atoms with van der Waals surface area (Å²) in [5.41, 5.74) is 0. The number of hydrogen-bond donors (Lipinski definition) is 1. The summed E-state index contributed by atoms with van der Waals surface area (Å²) < 4.78 is 22.8. The predicted octanol–water partition coefficient (Wildman–Crippen LogP) is -0.759. The second kappa shape index (κ2) is 3.95. The molecule has 3 heterocycles. The van der Waals surface area contributed by atoms with Crippen molar-refractivity contribution in [2.45, 2.75) is 18.9 Å². The van der Waals surface area contributed by atoms with Crippen LogP contribution in [0, 0.1) is 11.8 Å². The van der Waals surface area contributed by atoms with Crippen LogP contribution in [0.1, 0.15) is 12.8 Å². The van der Waals surface area contributed by atoms with Gasteiger partial charge in [-0.1, -0.05) is 0 Å². The Morgan fingerprint density at radius 1 is 1.24 bits per heavy atom. The molecular formula is C11H18N2O3S. The van der Waals surface area contributed by atoms with Crippen molar-refractivity contribution in [3.05, 3.63) is 0 Å². The van der Waals surface area contributed by atoms with E-state index in [2.05, 4.69) is 5.32 Å². The van der Waals surface area contributed by atoms with E-state index in [0.717, 1.165) is 26.1 Å². The summed E-state index contributed by atoms with van der Waals surface area (Å²) in [6.45, 7) is 2.68. The van der Waals surface area contributed by atoms with Crippen LogP contribution in [0.4, 0.5) is 0 Å². The van der Waals surface area contributed by atoms with E-state index in [1.165, 1.54) is 0 Å². The van der Waals surface area contributed by atoms with E-state index in [9.17, 15) is 13.2 Å². The average Bonchev–Trinajstić information content (AvgIpc) is 2.90. The van der Waals surface area contributed by atoms with Crippen LogP contribution >= 0.6 is 0 Å². The van der Waals surface area contributed by atoms with Gasteiger partial charge in [-0.05, 0) is 18.8 Å². The number of sulfone groups is 1. The third kappa shape index (κ3) is 1.97. The quantitative estimate of drug-likeness (QED) is 0.671. The zero-order valence-electron chi connectivity index (χ0n) is 9.76. The lowest BCUT2D eigenvalue weighted by molar-refractivity contribution is -0.135. The van der Waals surface area contributed by atoms with Crippen molar-refractivity contribution in [3.63, 3.8) is 0 Å². The topological polar surface area (TPSA) is 66.5 Å². The first-order chi connectivity index (χ1) is 8.07. The summed E-state index contributed by atoms with van der Waals surface area (Å²) in [5, 5.41) is 3.30. The molecule has 0 bridgehead atoms. The van der Waals surface area contributed by atoms with Gasteiger partial charge in [0.05, 0.1) is 17.4 Å². The molecule has 1 N–H and O–H groups in total. The maximum absolute atomic E-state index is 12.3. The Morgan fingerprint density at radius 3 is 2.76 bits per heavy atom. The van der Waals surface area contributed by atoms with Crippen molar-refractivity contribution in [2.75, 3.05) is 31.1 Å². The molecule has 1 unspecified atom stereocenters. The number of carbonyl (C=O) groups is 1. The zero-order valence-corrected chi connectivity index (χ0v) is 10.6. The fourth-order valence-corrected chi connectivity index (χ4v) is 5.08. The van der Waals surface area contributed by atoms with E-state index < -0.39 is 9.84 Å². The highest BCUT2D eigenvalue weighted by Gasteiger charge is 2.43. The second-order valence-corrected chi connectivity index (χ2v) is 7.63. The van der Waals surface area contributed by atoms with Gasteiger partial charge in [0.25, 0.3) is 0 Å². The molecule has 0 radical (unpaired) electrons. The van der Waals surface area contributed by atoms with Gasteiger partial charge in [-0.25, -0.2) is 8.42 Å². The van der Waals surface area contributed by atoms with Crippen molar-refractivity contribution in [1.82, 2.24) is 10.2 Å². The van der Waals surface area contributed by atoms with E-state index >= 15 is 0 Å². The number of carbonyl (C=O) groups excluding carboxylic acids is 1. The third-order valence-corrected chi connectivity index (χ3v) is 6.08. The van der Waals surface area contributed by atoms with Crippen LogP contribution in [0.15, 0.2) is 0 Å². The SMILES string of the molecule is O=C(C1CCS(=O)(=O)C1)N1CC[C@H]2CNC[C@H]21. The van der Waals surface area contributed by atoms with Gasteiger partial charge in [0.1, 0.15) is 0 Å². The van der Waals surface area contributed by atoms with Crippen LogP contribution in [0.2, 0.25) is 0 Å². The van der Waals surface area contributed by atoms with Crippen molar-refractivity contribution < 1.29 is 13.2 Å². The number of hydrogen-bond acceptors (Lipinski definition) is 4. The molecule has 0 spiro atoms. The van der Waals surface area contributed by atoms with Crippen LogP contribution in [-0.2, 0) is 14.6 Å². The normalized spacial score (nSPS) is 39.5. The zero-order chi connectivity index (χ0) is 12.0. The lowest BCUT2D eigenvalue weighted by atomic mass is 10.0. The first-order valence-electron chi connectivity index (χ1n) is 6.28. The molecule has 96 valence electrons. The minimum Gasteiger partial charge on any atom is -0.338 e. The highest BCUT2D eigenvalue weighted by atomic mass is 32.2. The molecular weight excluding hydrogens is 240 g/mol. The minimum absolute atomic E-state index is 0.0626. The Bertz CT molecular complexity index is 434.